The van der Waals surface area contributed by atoms with Crippen LogP contribution >= 0.6 is 0 Å². The second-order valence-corrected chi connectivity index (χ2v) is 2.81. The summed E-state index contributed by atoms with van der Waals surface area (Å²) in [7, 11) is 0. The highest BCUT2D eigenvalue weighted by atomic mass is 16.5. The van der Waals surface area contributed by atoms with E-state index in [0.717, 1.165) is 6.42 Å². The van der Waals surface area contributed by atoms with Gasteiger partial charge in [-0.3, -0.25) is 4.79 Å². The van der Waals surface area contributed by atoms with Gasteiger partial charge in [-0.05, 0) is 6.42 Å². The van der Waals surface area contributed by atoms with Crippen molar-refractivity contribution in [3.8, 4) is 5.88 Å². The van der Waals surface area contributed by atoms with Gasteiger partial charge in [0.15, 0.2) is 0 Å². The van der Waals surface area contributed by atoms with Crippen molar-refractivity contribution in [2.45, 2.75) is 13.3 Å². The molecular formula is C9H13N3O3. The maximum Gasteiger partial charge on any atom is 0.322 e. The molecule has 0 aliphatic rings. The minimum Gasteiger partial charge on any atom is -0.480 e. The lowest BCUT2D eigenvalue weighted by molar-refractivity contribution is -0.134. The van der Waals surface area contributed by atoms with Crippen molar-refractivity contribution in [1.82, 2.24) is 9.97 Å². The second-order valence-electron chi connectivity index (χ2n) is 2.81. The number of carboxylic acids is 1. The standard InChI is InChI=1S/C9H13N3O3/c1-2-5-15-7-3-4-10-9(12-7)11-6-8(13)14/h3-4H,2,5-6H2,1H3,(H,13,14)(H,10,11,12). The van der Waals surface area contributed by atoms with E-state index in [9.17, 15) is 4.79 Å². The van der Waals surface area contributed by atoms with Gasteiger partial charge in [-0.1, -0.05) is 6.92 Å². The summed E-state index contributed by atoms with van der Waals surface area (Å²) >= 11 is 0. The SMILES string of the molecule is CCCOc1ccnc(NCC(=O)O)n1. The van der Waals surface area contributed by atoms with E-state index in [1.165, 1.54) is 6.20 Å². The number of ether oxygens (including phenoxy) is 1. The minimum atomic E-state index is -0.960. The molecule has 0 aromatic carbocycles. The molecule has 1 aromatic heterocycles. The fraction of sp³-hybridized carbons (Fsp3) is 0.444. The zero-order chi connectivity index (χ0) is 11.1. The average molecular weight is 211 g/mol. The van der Waals surface area contributed by atoms with Gasteiger partial charge >= 0.3 is 5.97 Å². The Kier molecular flexibility index (Phi) is 4.33. The normalized spacial score (nSPS) is 9.67. The zero-order valence-electron chi connectivity index (χ0n) is 8.43. The predicted molar refractivity (Wildman–Crippen MR) is 53.9 cm³/mol. The number of carbonyl (C=O) groups is 1. The molecule has 0 fully saturated rings. The van der Waals surface area contributed by atoms with Gasteiger partial charge in [0.2, 0.25) is 11.8 Å². The fourth-order valence-electron chi connectivity index (χ4n) is 0.869. The van der Waals surface area contributed by atoms with Gasteiger partial charge in [0.05, 0.1) is 6.61 Å². The van der Waals surface area contributed by atoms with E-state index in [2.05, 4.69) is 15.3 Å². The molecule has 1 rings (SSSR count). The molecule has 0 spiro atoms. The third-order valence-electron chi connectivity index (χ3n) is 1.48. The van der Waals surface area contributed by atoms with Crippen LogP contribution in [-0.2, 0) is 4.79 Å². The Bertz CT molecular complexity index is 330. The molecule has 6 nitrogen and oxygen atoms in total. The van der Waals surface area contributed by atoms with Gasteiger partial charge in [0.1, 0.15) is 6.54 Å². The second kappa shape index (κ2) is 5.79. The van der Waals surface area contributed by atoms with Gasteiger partial charge < -0.3 is 15.2 Å². The molecule has 0 amide bonds. The molecule has 0 atom stereocenters. The number of anilines is 1. The topological polar surface area (TPSA) is 84.3 Å². The van der Waals surface area contributed by atoms with Gasteiger partial charge in [0.25, 0.3) is 0 Å². The minimum absolute atomic E-state index is 0.211. The van der Waals surface area contributed by atoms with E-state index < -0.39 is 5.97 Å². The lowest BCUT2D eigenvalue weighted by Gasteiger charge is -2.05. The lowest BCUT2D eigenvalue weighted by atomic mass is 10.5. The van der Waals surface area contributed by atoms with Gasteiger partial charge in [-0.15, -0.1) is 0 Å². The van der Waals surface area contributed by atoms with Crippen molar-refractivity contribution >= 4 is 11.9 Å². The van der Waals surface area contributed by atoms with Gasteiger partial charge in [-0.25, -0.2) is 4.98 Å². The van der Waals surface area contributed by atoms with Crippen LogP contribution in [0.3, 0.4) is 0 Å². The van der Waals surface area contributed by atoms with Crippen molar-refractivity contribution in [1.29, 1.82) is 0 Å². The first kappa shape index (κ1) is 11.2. The maximum atomic E-state index is 10.3. The number of hydrogen-bond acceptors (Lipinski definition) is 5. The number of nitrogens with zero attached hydrogens (tertiary/aromatic N) is 2. The molecule has 1 aromatic rings. The fourth-order valence-corrected chi connectivity index (χ4v) is 0.869. The highest BCUT2D eigenvalue weighted by Crippen LogP contribution is 2.07. The number of nitrogens with one attached hydrogen (secondary N) is 1. The predicted octanol–water partition coefficient (Wildman–Crippen LogP) is 0.762. The van der Waals surface area contributed by atoms with Crippen molar-refractivity contribution < 1.29 is 14.6 Å². The molecule has 2 N–H and O–H groups in total. The molecule has 0 saturated carbocycles. The summed E-state index contributed by atoms with van der Waals surface area (Å²) < 4.78 is 5.26. The van der Waals surface area contributed by atoms with Crippen LogP contribution in [0, 0.1) is 0 Å². The molecule has 0 aliphatic heterocycles. The van der Waals surface area contributed by atoms with Crippen LogP contribution < -0.4 is 10.1 Å². The highest BCUT2D eigenvalue weighted by Gasteiger charge is 2.01. The Hall–Kier alpha value is -1.85. The molecule has 0 radical (unpaired) electrons. The van der Waals surface area contributed by atoms with Crippen molar-refractivity contribution in [3.05, 3.63) is 12.3 Å². The third-order valence-corrected chi connectivity index (χ3v) is 1.48. The van der Waals surface area contributed by atoms with Crippen molar-refractivity contribution in [2.24, 2.45) is 0 Å². The highest BCUT2D eigenvalue weighted by molar-refractivity contribution is 5.71. The summed E-state index contributed by atoms with van der Waals surface area (Å²) in [6.45, 7) is 2.36. The molecule has 1 heterocycles. The van der Waals surface area contributed by atoms with Crippen LogP contribution in [0.25, 0.3) is 0 Å². The first-order chi connectivity index (χ1) is 7.22. The average Bonchev–Trinajstić information content (AvgIpc) is 2.24. The van der Waals surface area contributed by atoms with E-state index >= 15 is 0 Å². The number of aromatic nitrogens is 2. The summed E-state index contributed by atoms with van der Waals surface area (Å²) in [6, 6.07) is 1.63. The van der Waals surface area contributed by atoms with Gasteiger partial charge in [0, 0.05) is 12.3 Å². The van der Waals surface area contributed by atoms with E-state index in [0.29, 0.717) is 12.5 Å². The van der Waals surface area contributed by atoms with E-state index in [1.54, 1.807) is 6.07 Å². The Morgan fingerprint density at radius 3 is 3.13 bits per heavy atom. The summed E-state index contributed by atoms with van der Waals surface area (Å²) in [5.74, 6) is -0.260. The first-order valence-electron chi connectivity index (χ1n) is 4.64. The number of aliphatic carboxylic acids is 1. The molecular weight excluding hydrogens is 198 g/mol. The third kappa shape index (κ3) is 4.26. The number of rotatable bonds is 6. The lowest BCUT2D eigenvalue weighted by Crippen LogP contribution is -2.14. The molecule has 0 unspecified atom stereocenters. The molecule has 0 saturated heterocycles. The van der Waals surface area contributed by atoms with E-state index in [1.807, 2.05) is 6.92 Å². The maximum absolute atomic E-state index is 10.3. The van der Waals surface area contributed by atoms with E-state index in [4.69, 9.17) is 9.84 Å². The Morgan fingerprint density at radius 2 is 2.47 bits per heavy atom. The van der Waals surface area contributed by atoms with Crippen LogP contribution in [0.5, 0.6) is 5.88 Å². The summed E-state index contributed by atoms with van der Waals surface area (Å²) in [5.41, 5.74) is 0. The molecule has 0 bridgehead atoms. The number of carboxylic acid groups (broad SMARTS) is 1. The molecule has 15 heavy (non-hydrogen) atoms. The molecule has 6 heteroatoms. The van der Waals surface area contributed by atoms with Crippen LogP contribution in [0.4, 0.5) is 5.95 Å². The quantitative estimate of drug-likeness (QED) is 0.722. The van der Waals surface area contributed by atoms with E-state index in [-0.39, 0.29) is 12.5 Å². The van der Waals surface area contributed by atoms with Crippen molar-refractivity contribution in [3.63, 3.8) is 0 Å². The van der Waals surface area contributed by atoms with Gasteiger partial charge in [-0.2, -0.15) is 4.98 Å². The summed E-state index contributed by atoms with van der Waals surface area (Å²) in [5, 5.41) is 11.0. The monoisotopic (exact) mass is 211 g/mol. The Labute approximate surface area is 87.3 Å². The van der Waals surface area contributed by atoms with Crippen LogP contribution in [0.15, 0.2) is 12.3 Å². The number of hydrogen-bond donors (Lipinski definition) is 2. The molecule has 82 valence electrons. The van der Waals surface area contributed by atoms with Crippen LogP contribution in [0.1, 0.15) is 13.3 Å². The Morgan fingerprint density at radius 1 is 1.67 bits per heavy atom. The van der Waals surface area contributed by atoms with Crippen molar-refractivity contribution in [2.75, 3.05) is 18.5 Å². The summed E-state index contributed by atoms with van der Waals surface area (Å²) in [4.78, 5) is 18.1. The van der Waals surface area contributed by atoms with Crippen LogP contribution in [-0.4, -0.2) is 34.2 Å². The largest absolute Gasteiger partial charge is 0.480 e. The zero-order valence-corrected chi connectivity index (χ0v) is 8.43. The smallest absolute Gasteiger partial charge is 0.322 e. The summed E-state index contributed by atoms with van der Waals surface area (Å²) in [6.07, 6.45) is 2.41. The van der Waals surface area contributed by atoms with Crippen LogP contribution in [0.2, 0.25) is 0 Å². The Balaban J connectivity index is 2.53. The molecule has 0 aliphatic carbocycles. The first-order valence-corrected chi connectivity index (χ1v) is 4.64.